The topological polar surface area (TPSA) is 99.5 Å². The van der Waals surface area contributed by atoms with E-state index in [4.69, 9.17) is 14.2 Å². The summed E-state index contributed by atoms with van der Waals surface area (Å²) < 4.78 is 52.1. The molecule has 1 amide bonds. The van der Waals surface area contributed by atoms with Gasteiger partial charge in [-0.3, -0.25) is 19.3 Å². The van der Waals surface area contributed by atoms with Crippen molar-refractivity contribution in [1.82, 2.24) is 9.58 Å². The van der Waals surface area contributed by atoms with Crippen molar-refractivity contribution in [3.63, 3.8) is 0 Å². The molecule has 0 N–H and O–H groups in total. The van der Waals surface area contributed by atoms with Gasteiger partial charge in [0, 0.05) is 17.8 Å². The largest absolute Gasteiger partial charge is 0.510 e. The van der Waals surface area contributed by atoms with Gasteiger partial charge < -0.3 is 23.8 Å². The standard InChI is InChI=1S/C30H27F2N3O7/c1-39-29(38)42-18-41-27-22(36)11-15-34-25(27)28(37)33-17-35(34)24(19-7-3-2-4-8-19)20-9-10-21(31)23(32)26(20)40-16-6-14-30(33)12-5-13-30/h2-4,6-11,14-15,24H,5,12-13,16-18H2,1H3/b14-6+. The van der Waals surface area contributed by atoms with Crippen molar-refractivity contribution in [3.05, 3.63) is 106 Å². The number of pyridine rings is 1. The molecule has 1 aromatic heterocycles. The van der Waals surface area contributed by atoms with Crippen molar-refractivity contribution in [3.8, 4) is 11.5 Å². The lowest BCUT2D eigenvalue weighted by Gasteiger charge is -2.54. The van der Waals surface area contributed by atoms with Gasteiger partial charge in [-0.15, -0.1) is 0 Å². The van der Waals surface area contributed by atoms with E-state index in [0.717, 1.165) is 19.6 Å². The molecule has 6 rings (SSSR count). The van der Waals surface area contributed by atoms with Crippen LogP contribution in [-0.4, -0.2) is 54.4 Å². The van der Waals surface area contributed by atoms with Gasteiger partial charge in [-0.05, 0) is 43.0 Å². The Kier molecular flexibility index (Phi) is 7.05. The third-order valence-electron chi connectivity index (χ3n) is 7.89. The van der Waals surface area contributed by atoms with Crippen molar-refractivity contribution in [1.29, 1.82) is 0 Å². The molecular weight excluding hydrogens is 552 g/mol. The Hall–Kier alpha value is -4.87. The minimum atomic E-state index is -1.13. The maximum absolute atomic E-state index is 15.4. The van der Waals surface area contributed by atoms with Crippen molar-refractivity contribution in [2.24, 2.45) is 0 Å². The molecule has 3 aromatic rings. The molecule has 0 radical (unpaired) electrons. The smallest absolute Gasteiger partial charge is 0.486 e. The first-order chi connectivity index (χ1) is 20.3. The number of carbonyl (C=O) groups excluding carboxylic acids is 2. The number of fused-ring (bicyclic) bond motifs is 6. The van der Waals surface area contributed by atoms with E-state index in [1.54, 1.807) is 16.0 Å². The number of benzene rings is 2. The SMILES string of the molecule is COC(=O)OCOc1c2n(ccc1=O)N1CN(C2=O)C2(/C=C/COc3c(ccc(F)c3F)C1c1ccccc1)CCC2. The maximum atomic E-state index is 15.4. The highest BCUT2D eigenvalue weighted by atomic mass is 19.2. The second-order valence-electron chi connectivity index (χ2n) is 10.1. The third-order valence-corrected chi connectivity index (χ3v) is 7.89. The first-order valence-electron chi connectivity index (χ1n) is 13.4. The zero-order chi connectivity index (χ0) is 29.4. The van der Waals surface area contributed by atoms with Crippen LogP contribution in [0.2, 0.25) is 0 Å². The van der Waals surface area contributed by atoms with E-state index in [1.165, 1.54) is 23.0 Å². The van der Waals surface area contributed by atoms with Crippen LogP contribution < -0.4 is 19.9 Å². The van der Waals surface area contributed by atoms with Gasteiger partial charge >= 0.3 is 6.16 Å². The second-order valence-corrected chi connectivity index (χ2v) is 10.1. The van der Waals surface area contributed by atoms with Gasteiger partial charge in [0.2, 0.25) is 23.8 Å². The number of rotatable bonds is 4. The molecule has 42 heavy (non-hydrogen) atoms. The number of aromatic nitrogens is 1. The average Bonchev–Trinajstić information content (AvgIpc) is 3.00. The van der Waals surface area contributed by atoms with Gasteiger partial charge in [-0.25, -0.2) is 9.18 Å². The lowest BCUT2D eigenvalue weighted by molar-refractivity contribution is 0.0110. The van der Waals surface area contributed by atoms with Crippen molar-refractivity contribution in [2.45, 2.75) is 30.8 Å². The van der Waals surface area contributed by atoms with E-state index in [9.17, 15) is 18.8 Å². The summed E-state index contributed by atoms with van der Waals surface area (Å²) in [5.41, 5.74) is -0.420. The minimum Gasteiger partial charge on any atom is -0.486 e. The normalized spacial score (nSPS) is 19.4. The molecular formula is C30H27F2N3O7. The van der Waals surface area contributed by atoms with E-state index >= 15 is 4.39 Å². The lowest BCUT2D eigenvalue weighted by atomic mass is 9.74. The number of halogens is 2. The monoisotopic (exact) mass is 579 g/mol. The fourth-order valence-corrected chi connectivity index (χ4v) is 5.73. The first kappa shape index (κ1) is 27.3. The summed E-state index contributed by atoms with van der Waals surface area (Å²) in [6.07, 6.45) is 6.10. The van der Waals surface area contributed by atoms with Gasteiger partial charge in [0.1, 0.15) is 19.3 Å². The summed E-state index contributed by atoms with van der Waals surface area (Å²) in [5, 5.41) is 1.78. The van der Waals surface area contributed by atoms with E-state index < -0.39 is 47.5 Å². The molecule has 1 atom stereocenters. The van der Waals surface area contributed by atoms with Crippen LogP contribution in [-0.2, 0) is 9.47 Å². The number of ether oxygens (including phenoxy) is 4. The van der Waals surface area contributed by atoms with Crippen molar-refractivity contribution in [2.75, 3.05) is 32.2 Å². The summed E-state index contributed by atoms with van der Waals surface area (Å²) >= 11 is 0. The average molecular weight is 580 g/mol. The molecule has 3 heterocycles. The first-order valence-corrected chi connectivity index (χ1v) is 13.4. The van der Waals surface area contributed by atoms with Gasteiger partial charge in [0.15, 0.2) is 17.3 Å². The van der Waals surface area contributed by atoms with Gasteiger partial charge in [-0.1, -0.05) is 36.4 Å². The number of amides is 1. The Balaban J connectivity index is 1.60. The summed E-state index contributed by atoms with van der Waals surface area (Å²) in [5.74, 6) is -3.25. The molecule has 12 heteroatoms. The number of hydrogen-bond donors (Lipinski definition) is 0. The molecule has 1 fully saturated rings. The van der Waals surface area contributed by atoms with E-state index in [1.807, 2.05) is 36.4 Å². The second kappa shape index (κ2) is 10.8. The molecule has 2 aliphatic heterocycles. The van der Waals surface area contributed by atoms with Crippen LogP contribution in [0.4, 0.5) is 13.6 Å². The summed E-state index contributed by atoms with van der Waals surface area (Å²) in [6.45, 7) is -0.696. The molecule has 2 aromatic carbocycles. The highest BCUT2D eigenvalue weighted by Crippen LogP contribution is 2.45. The summed E-state index contributed by atoms with van der Waals surface area (Å²) in [7, 11) is 1.12. The molecule has 0 saturated heterocycles. The molecule has 1 spiro atoms. The quantitative estimate of drug-likeness (QED) is 0.257. The van der Waals surface area contributed by atoms with Crippen molar-refractivity contribution >= 4 is 12.1 Å². The highest BCUT2D eigenvalue weighted by Gasteiger charge is 2.49. The molecule has 1 saturated carbocycles. The fraction of sp³-hybridized carbons (Fsp3) is 0.300. The number of nitrogens with zero attached hydrogens (tertiary/aromatic N) is 3. The maximum Gasteiger partial charge on any atom is 0.510 e. The number of carbonyl (C=O) groups is 2. The van der Waals surface area contributed by atoms with Crippen LogP contribution in [0.25, 0.3) is 0 Å². The Morgan fingerprint density at radius 2 is 1.88 bits per heavy atom. The summed E-state index contributed by atoms with van der Waals surface area (Å²) in [4.78, 5) is 40.5. The number of methoxy groups -OCH3 is 1. The van der Waals surface area contributed by atoms with Crippen LogP contribution >= 0.6 is 0 Å². The van der Waals surface area contributed by atoms with E-state index in [0.29, 0.717) is 24.0 Å². The molecule has 1 unspecified atom stereocenters. The minimum absolute atomic E-state index is 0.0368. The molecule has 10 nitrogen and oxygen atoms in total. The zero-order valence-corrected chi connectivity index (χ0v) is 22.6. The van der Waals surface area contributed by atoms with Crippen LogP contribution in [0.5, 0.6) is 11.5 Å². The summed E-state index contributed by atoms with van der Waals surface area (Å²) in [6, 6.07) is 12.0. The predicted molar refractivity (Wildman–Crippen MR) is 145 cm³/mol. The molecule has 2 bridgehead atoms. The fourth-order valence-electron chi connectivity index (χ4n) is 5.73. The van der Waals surface area contributed by atoms with E-state index in [-0.39, 0.29) is 30.5 Å². The Labute approximate surface area is 239 Å². The highest BCUT2D eigenvalue weighted by molar-refractivity contribution is 5.97. The van der Waals surface area contributed by atoms with Crippen LogP contribution in [0, 0.1) is 11.6 Å². The Bertz CT molecular complexity index is 1620. The molecule has 3 aliphatic rings. The molecule has 1 aliphatic carbocycles. The lowest BCUT2D eigenvalue weighted by Crippen LogP contribution is -2.64. The van der Waals surface area contributed by atoms with Gasteiger partial charge in [0.05, 0.1) is 12.6 Å². The molecule has 218 valence electrons. The van der Waals surface area contributed by atoms with Gasteiger partial charge in [0.25, 0.3) is 5.91 Å². The predicted octanol–water partition coefficient (Wildman–Crippen LogP) is 4.26. The van der Waals surface area contributed by atoms with E-state index in [2.05, 4.69) is 4.74 Å². The van der Waals surface area contributed by atoms with Crippen LogP contribution in [0.1, 0.15) is 46.9 Å². The number of hydrogen-bond acceptors (Lipinski definition) is 8. The van der Waals surface area contributed by atoms with Crippen LogP contribution in [0.15, 0.2) is 71.7 Å². The van der Waals surface area contributed by atoms with Crippen LogP contribution in [0.3, 0.4) is 0 Å². The Morgan fingerprint density at radius 3 is 2.60 bits per heavy atom. The van der Waals surface area contributed by atoms with Crippen molar-refractivity contribution < 1.29 is 37.3 Å². The third kappa shape index (κ3) is 4.52. The van der Waals surface area contributed by atoms with Gasteiger partial charge in [-0.2, -0.15) is 4.39 Å². The zero-order valence-electron chi connectivity index (χ0n) is 22.6. The Morgan fingerprint density at radius 1 is 1.10 bits per heavy atom.